The molecule has 0 saturated carbocycles. The van der Waals surface area contributed by atoms with E-state index < -0.39 is 31.0 Å². The Morgan fingerprint density at radius 1 is 1.08 bits per heavy atom. The van der Waals surface area contributed by atoms with Gasteiger partial charge in [0, 0.05) is 0 Å². The minimum atomic E-state index is -1.79. The fourth-order valence-electron chi connectivity index (χ4n) is 0.618. The zero-order valence-electron chi connectivity index (χ0n) is 6.24. The van der Waals surface area contributed by atoms with Gasteiger partial charge in [-0.3, -0.25) is 0 Å². The molecule has 0 fully saturated rings. The third-order valence-corrected chi connectivity index (χ3v) is 1.42. The predicted octanol–water partition coefficient (Wildman–Crippen LogP) is -4.83. The topological polar surface area (TPSA) is 118 Å². The number of hydrogen-bond donors (Lipinski definition) is 5. The van der Waals surface area contributed by atoms with Gasteiger partial charge in [0.15, 0.2) is 6.29 Å². The number of aliphatic hydroxyl groups is 5. The molecule has 6 nitrogen and oxygen atoms in total. The number of aliphatic hydroxyl groups excluding tert-OH is 5. The van der Waals surface area contributed by atoms with Crippen LogP contribution in [0.4, 0.5) is 0 Å². The van der Waals surface area contributed by atoms with Gasteiger partial charge in [-0.05, 0) is 0 Å². The van der Waals surface area contributed by atoms with Crippen LogP contribution < -0.4 is 0 Å². The maximum absolute atomic E-state index is 9.90. The van der Waals surface area contributed by atoms with Gasteiger partial charge >= 0.3 is 17.6 Å². The van der Waals surface area contributed by atoms with Gasteiger partial charge in [0.25, 0.3) is 0 Å². The summed E-state index contributed by atoms with van der Waals surface area (Å²) in [6, 6.07) is 0. The van der Waals surface area contributed by atoms with E-state index >= 15 is 0 Å². The monoisotopic (exact) mass is 258 g/mol. The molecule has 0 aliphatic rings. The average molecular weight is 257 g/mol. The van der Waals surface area contributed by atoms with Crippen LogP contribution in [-0.4, -0.2) is 80.4 Å². The van der Waals surface area contributed by atoms with Crippen LogP contribution in [0.3, 0.4) is 0 Å². The summed E-state index contributed by atoms with van der Waals surface area (Å²) < 4.78 is 0. The fourth-order valence-corrected chi connectivity index (χ4v) is 0.618. The second-order valence-corrected chi connectivity index (χ2v) is 2.36. The van der Waals surface area contributed by atoms with Gasteiger partial charge in [0.2, 0.25) is 0 Å². The Morgan fingerprint density at radius 3 is 1.85 bits per heavy atom. The summed E-state index contributed by atoms with van der Waals surface area (Å²) in [7, 11) is 0. The molecule has 4 atom stereocenters. The second-order valence-electron chi connectivity index (χ2n) is 2.36. The predicted molar refractivity (Wildman–Crippen MR) is 48.5 cm³/mol. The quantitative estimate of drug-likeness (QED) is 0.249. The Labute approximate surface area is 85.8 Å². The van der Waals surface area contributed by atoms with E-state index in [4.69, 9.17) is 25.5 Å². The Balaban J connectivity index is 0. The fraction of sp³-hybridized carbons (Fsp3) is 0.833. The minimum absolute atomic E-state index is 0. The normalized spacial score (nSPS) is 19.5. The van der Waals surface area contributed by atoms with Crippen LogP contribution in [0.1, 0.15) is 0 Å². The van der Waals surface area contributed by atoms with Crippen LogP contribution >= 0.6 is 0 Å². The van der Waals surface area contributed by atoms with E-state index in [-0.39, 0.29) is 23.9 Å². The summed E-state index contributed by atoms with van der Waals surface area (Å²) in [6.45, 7) is -0.760. The van der Waals surface area contributed by atoms with Crippen LogP contribution in [0.15, 0.2) is 0 Å². The van der Waals surface area contributed by atoms with Gasteiger partial charge in [0.1, 0.15) is 24.4 Å². The zero-order chi connectivity index (χ0) is 9.72. The van der Waals surface area contributed by atoms with Crippen LogP contribution in [0.2, 0.25) is 0 Å². The molecule has 0 aliphatic heterocycles. The van der Waals surface area contributed by atoms with E-state index in [2.05, 4.69) is 0 Å². The number of aldehydes is 1. The molecule has 0 aromatic rings. The number of rotatable bonds is 5. The van der Waals surface area contributed by atoms with Crippen molar-refractivity contribution >= 4 is 23.9 Å². The molecular weight excluding hydrogens is 241 g/mol. The van der Waals surface area contributed by atoms with Crippen LogP contribution in [0.25, 0.3) is 0 Å². The third kappa shape index (κ3) is 4.70. The summed E-state index contributed by atoms with van der Waals surface area (Å²) in [5.41, 5.74) is 0. The molecule has 0 aliphatic carbocycles. The molecule has 80 valence electrons. The molecule has 0 aromatic carbocycles. The molecule has 0 saturated heterocycles. The molecule has 0 bridgehead atoms. The number of carbonyl (C=O) groups is 1. The van der Waals surface area contributed by atoms with Crippen molar-refractivity contribution in [2.75, 3.05) is 6.61 Å². The van der Waals surface area contributed by atoms with Crippen molar-refractivity contribution in [3.63, 3.8) is 0 Å². The van der Waals surface area contributed by atoms with Crippen molar-refractivity contribution in [3.05, 3.63) is 0 Å². The van der Waals surface area contributed by atoms with E-state index in [1.165, 1.54) is 0 Å². The molecule has 5 N–H and O–H groups in total. The van der Waals surface area contributed by atoms with Gasteiger partial charge < -0.3 is 30.3 Å². The van der Waals surface area contributed by atoms with Crippen LogP contribution in [-0.2, 0) is 4.79 Å². The Kier molecular flexibility index (Phi) is 8.84. The average Bonchev–Trinajstić information content (AvgIpc) is 2.12. The van der Waals surface area contributed by atoms with Crippen LogP contribution in [0, 0.1) is 0 Å². The first-order valence-electron chi connectivity index (χ1n) is 3.33. The number of carbonyl (C=O) groups excluding carboxylic acids is 1. The molecule has 0 unspecified atom stereocenters. The van der Waals surface area contributed by atoms with E-state index in [1.54, 1.807) is 0 Å². The first-order chi connectivity index (χ1) is 5.54. The summed E-state index contributed by atoms with van der Waals surface area (Å²) >= 11 is 0. The summed E-state index contributed by atoms with van der Waals surface area (Å²) in [4.78, 5) is 9.90. The van der Waals surface area contributed by atoms with E-state index in [0.717, 1.165) is 0 Å². The van der Waals surface area contributed by atoms with Gasteiger partial charge in [-0.1, -0.05) is 0 Å². The van der Waals surface area contributed by atoms with E-state index in [0.29, 0.717) is 0 Å². The molecule has 0 heterocycles. The van der Waals surface area contributed by atoms with Crippen molar-refractivity contribution in [2.24, 2.45) is 0 Å². The van der Waals surface area contributed by atoms with Crippen molar-refractivity contribution < 1.29 is 30.3 Å². The maximum atomic E-state index is 9.90. The van der Waals surface area contributed by atoms with Gasteiger partial charge in [-0.25, -0.2) is 0 Å². The van der Waals surface area contributed by atoms with Crippen molar-refractivity contribution in [1.29, 1.82) is 0 Å². The zero-order valence-corrected chi connectivity index (χ0v) is 6.24. The Hall–Kier alpha value is 0.0129. The first kappa shape index (κ1) is 15.5. The third-order valence-electron chi connectivity index (χ3n) is 1.42. The van der Waals surface area contributed by atoms with Gasteiger partial charge in [0.05, 0.1) is 6.61 Å². The van der Waals surface area contributed by atoms with Gasteiger partial charge in [-0.2, -0.15) is 0 Å². The Morgan fingerprint density at radius 2 is 1.54 bits per heavy atom. The molecule has 0 spiro atoms. The molecule has 0 amide bonds. The molecule has 13 heavy (non-hydrogen) atoms. The Bertz CT molecular complexity index is 143. The SMILES string of the molecule is O=C[C@H](O)[C@@H](O)[C@H](O)[C@H](O)CO.[GeH4]. The molecule has 0 aromatic heterocycles. The molecule has 0 radical (unpaired) electrons. The van der Waals surface area contributed by atoms with Gasteiger partial charge in [-0.15, -0.1) is 0 Å². The summed E-state index contributed by atoms with van der Waals surface area (Å²) in [5, 5.41) is 43.5. The van der Waals surface area contributed by atoms with Crippen molar-refractivity contribution in [1.82, 2.24) is 0 Å². The molecule has 0 rings (SSSR count). The summed E-state index contributed by atoms with van der Waals surface area (Å²) in [6.07, 6.45) is -6.84. The summed E-state index contributed by atoms with van der Waals surface area (Å²) in [5.74, 6) is 0. The second kappa shape index (κ2) is 7.42. The van der Waals surface area contributed by atoms with E-state index in [1.807, 2.05) is 0 Å². The van der Waals surface area contributed by atoms with E-state index in [9.17, 15) is 4.79 Å². The molecular formula is C6H16GeO6. The molecule has 7 heteroatoms. The first-order valence-corrected chi connectivity index (χ1v) is 3.33. The van der Waals surface area contributed by atoms with Crippen molar-refractivity contribution in [2.45, 2.75) is 24.4 Å². The number of hydrogen-bond acceptors (Lipinski definition) is 6. The van der Waals surface area contributed by atoms with Crippen molar-refractivity contribution in [3.8, 4) is 0 Å². The standard InChI is InChI=1S/C6H12O6.GeH4/c7-1-3(9)5(11)6(12)4(10)2-8;/h1,3-6,8-12H,2H2;1H4/t3-,4+,5+,6+;/m0./s1. The van der Waals surface area contributed by atoms with Crippen LogP contribution in [0.5, 0.6) is 0 Å².